The zero-order valence-electron chi connectivity index (χ0n) is 23.4. The maximum absolute atomic E-state index is 13.3. The molecule has 0 bridgehead atoms. The number of nitrogens with one attached hydrogen (secondary N) is 1. The summed E-state index contributed by atoms with van der Waals surface area (Å²) in [5.74, 6) is 0. The Morgan fingerprint density at radius 2 is 1.92 bits per heavy atom. The number of likely N-dealkylation sites (tertiary alicyclic amines) is 1. The Morgan fingerprint density at radius 1 is 1.23 bits per heavy atom. The van der Waals surface area contributed by atoms with Crippen molar-refractivity contribution in [2.24, 2.45) is 0 Å². The molecule has 2 N–H and O–H groups in total. The highest BCUT2D eigenvalue weighted by molar-refractivity contribution is 9.10. The summed E-state index contributed by atoms with van der Waals surface area (Å²) in [6.07, 6.45) is 0.218. The number of carbonyl (C=O) groups excluding carboxylic acids is 1. The van der Waals surface area contributed by atoms with Gasteiger partial charge in [-0.3, -0.25) is 10.1 Å². The first-order valence-corrected chi connectivity index (χ1v) is 17.0. The van der Waals surface area contributed by atoms with Gasteiger partial charge in [0.15, 0.2) is 8.32 Å². The lowest BCUT2D eigenvalue weighted by molar-refractivity contribution is -0.384. The van der Waals surface area contributed by atoms with Crippen molar-refractivity contribution in [2.75, 3.05) is 18.4 Å². The van der Waals surface area contributed by atoms with Crippen molar-refractivity contribution >= 4 is 41.7 Å². The quantitative estimate of drug-likeness (QED) is 0.172. The number of halogens is 1. The maximum Gasteiger partial charge on any atom is 0.410 e. The van der Waals surface area contributed by atoms with Gasteiger partial charge in [0.1, 0.15) is 12.3 Å². The van der Waals surface area contributed by atoms with E-state index in [9.17, 15) is 20.0 Å². The first kappa shape index (κ1) is 31.1. The van der Waals surface area contributed by atoms with Gasteiger partial charge in [-0.05, 0) is 71.0 Å². The molecule has 0 radical (unpaired) electrons. The van der Waals surface area contributed by atoms with E-state index in [1.165, 1.54) is 0 Å². The van der Waals surface area contributed by atoms with Gasteiger partial charge >= 0.3 is 11.8 Å². The number of aliphatic hydroxyl groups is 1. The standard InChI is InChI=1S/C28H40BrN3O6Si/c1-28(2,3)39(4,5)38-25-15-10-16-31(27(34)37-19-20-11-7-6-8-12-20)24(25)17-21(33)18-30-23-14-9-13-22(29)26(23)32(35)36/h6-9,11-14,21,24-25,30,33H,10,15-19H2,1-5H3/t21?,24-,25+/m1/s1. The number of ether oxygens (including phenoxy) is 1. The minimum absolute atomic E-state index is 0.0204. The molecular formula is C28H40BrN3O6Si. The number of nitrogens with zero attached hydrogens (tertiary/aromatic N) is 2. The van der Waals surface area contributed by atoms with Crippen LogP contribution in [-0.4, -0.2) is 60.7 Å². The summed E-state index contributed by atoms with van der Waals surface area (Å²) in [6, 6.07) is 14.0. The topological polar surface area (TPSA) is 114 Å². The lowest BCUT2D eigenvalue weighted by Gasteiger charge is -2.46. The van der Waals surface area contributed by atoms with Crippen molar-refractivity contribution in [3.63, 3.8) is 0 Å². The normalized spacial score (nSPS) is 18.9. The number of carbonyl (C=O) groups is 1. The van der Waals surface area contributed by atoms with Crippen LogP contribution in [0.25, 0.3) is 0 Å². The fourth-order valence-corrected chi connectivity index (χ4v) is 6.35. The molecule has 1 aliphatic rings. The molecule has 214 valence electrons. The number of hydrogen-bond donors (Lipinski definition) is 2. The van der Waals surface area contributed by atoms with Crippen molar-refractivity contribution in [3.05, 3.63) is 68.7 Å². The largest absolute Gasteiger partial charge is 0.445 e. The molecule has 1 unspecified atom stereocenters. The first-order valence-electron chi connectivity index (χ1n) is 13.3. The molecule has 0 saturated carbocycles. The predicted molar refractivity (Wildman–Crippen MR) is 158 cm³/mol. The van der Waals surface area contributed by atoms with E-state index >= 15 is 0 Å². The van der Waals surface area contributed by atoms with Gasteiger partial charge < -0.3 is 24.5 Å². The molecule has 0 aromatic heterocycles. The average molecular weight is 623 g/mol. The summed E-state index contributed by atoms with van der Waals surface area (Å²) in [5.41, 5.74) is 1.12. The van der Waals surface area contributed by atoms with Crippen LogP contribution in [-0.2, 0) is 15.8 Å². The molecule has 11 heteroatoms. The first-order chi connectivity index (χ1) is 18.3. The summed E-state index contributed by atoms with van der Waals surface area (Å²) in [7, 11) is -2.17. The molecule has 3 rings (SSSR count). The van der Waals surface area contributed by atoms with E-state index in [0.717, 1.165) is 18.4 Å². The van der Waals surface area contributed by atoms with E-state index in [1.54, 1.807) is 23.1 Å². The summed E-state index contributed by atoms with van der Waals surface area (Å²) in [5, 5.41) is 25.6. The zero-order valence-corrected chi connectivity index (χ0v) is 25.9. The third-order valence-corrected chi connectivity index (χ3v) is 12.8. The van der Waals surface area contributed by atoms with E-state index in [2.05, 4.69) is 55.1 Å². The second kappa shape index (κ2) is 13.3. The molecule has 0 spiro atoms. The predicted octanol–water partition coefficient (Wildman–Crippen LogP) is 6.71. The summed E-state index contributed by atoms with van der Waals surface area (Å²) < 4.78 is 12.8. The van der Waals surface area contributed by atoms with Crippen LogP contribution >= 0.6 is 15.9 Å². The van der Waals surface area contributed by atoms with Gasteiger partial charge in [-0.25, -0.2) is 4.79 Å². The fourth-order valence-electron chi connectivity index (χ4n) is 4.46. The minimum Gasteiger partial charge on any atom is -0.445 e. The van der Waals surface area contributed by atoms with E-state index in [0.29, 0.717) is 16.7 Å². The van der Waals surface area contributed by atoms with Crippen LogP contribution in [0.4, 0.5) is 16.2 Å². The van der Waals surface area contributed by atoms with E-state index in [4.69, 9.17) is 9.16 Å². The van der Waals surface area contributed by atoms with Crippen molar-refractivity contribution in [1.29, 1.82) is 0 Å². The lowest BCUT2D eigenvalue weighted by atomic mass is 9.94. The number of nitro groups is 1. The van der Waals surface area contributed by atoms with Crippen molar-refractivity contribution in [3.8, 4) is 0 Å². The SMILES string of the molecule is CC(C)(C)[Si](C)(C)O[C@H]1CCCN(C(=O)OCc2ccccc2)[C@@H]1CC(O)CNc1cccc(Br)c1[N+](=O)[O-]. The van der Waals surface area contributed by atoms with Gasteiger partial charge in [0.05, 0.1) is 27.6 Å². The number of para-hydroxylation sites is 1. The summed E-state index contributed by atoms with van der Waals surface area (Å²) in [6.45, 7) is 11.6. The third-order valence-electron chi connectivity index (χ3n) is 7.62. The van der Waals surface area contributed by atoms with Gasteiger partial charge in [0, 0.05) is 13.1 Å². The van der Waals surface area contributed by atoms with Crippen LogP contribution in [0.3, 0.4) is 0 Å². The Labute approximate surface area is 240 Å². The molecule has 1 saturated heterocycles. The molecule has 0 aliphatic carbocycles. The number of amides is 1. The Balaban J connectivity index is 1.77. The van der Waals surface area contributed by atoms with Gasteiger partial charge in [-0.2, -0.15) is 0 Å². The second-order valence-electron chi connectivity index (χ2n) is 11.5. The highest BCUT2D eigenvalue weighted by Crippen LogP contribution is 2.40. The number of anilines is 1. The number of aliphatic hydroxyl groups excluding tert-OH is 1. The summed E-state index contributed by atoms with van der Waals surface area (Å²) in [4.78, 5) is 26.1. The highest BCUT2D eigenvalue weighted by Gasteiger charge is 2.44. The van der Waals surface area contributed by atoms with Crippen LogP contribution in [0.15, 0.2) is 53.0 Å². The van der Waals surface area contributed by atoms with E-state index in [1.807, 2.05) is 30.3 Å². The summed E-state index contributed by atoms with van der Waals surface area (Å²) >= 11 is 3.23. The fraction of sp³-hybridized carbons (Fsp3) is 0.536. The molecule has 39 heavy (non-hydrogen) atoms. The van der Waals surface area contributed by atoms with Gasteiger partial charge in [0.25, 0.3) is 0 Å². The van der Waals surface area contributed by atoms with Crippen molar-refractivity contribution < 1.29 is 24.0 Å². The number of nitro benzene ring substituents is 1. The number of hydrogen-bond acceptors (Lipinski definition) is 7. The monoisotopic (exact) mass is 621 g/mol. The Hall–Kier alpha value is -2.47. The Morgan fingerprint density at radius 3 is 2.56 bits per heavy atom. The molecule has 1 heterocycles. The second-order valence-corrected chi connectivity index (χ2v) is 17.1. The van der Waals surface area contributed by atoms with Crippen LogP contribution in [0, 0.1) is 10.1 Å². The van der Waals surface area contributed by atoms with Gasteiger partial charge in [-0.15, -0.1) is 0 Å². The highest BCUT2D eigenvalue weighted by atomic mass is 79.9. The van der Waals surface area contributed by atoms with Crippen molar-refractivity contribution in [2.45, 2.75) is 83.0 Å². The van der Waals surface area contributed by atoms with Crippen LogP contribution in [0.2, 0.25) is 18.1 Å². The van der Waals surface area contributed by atoms with E-state index in [-0.39, 0.29) is 36.4 Å². The average Bonchev–Trinajstić information content (AvgIpc) is 2.86. The minimum atomic E-state index is -2.17. The van der Waals surface area contributed by atoms with Crippen LogP contribution in [0.5, 0.6) is 0 Å². The smallest absolute Gasteiger partial charge is 0.410 e. The number of benzene rings is 2. The van der Waals surface area contributed by atoms with Gasteiger partial charge in [0.2, 0.25) is 0 Å². The Kier molecular flexibility index (Phi) is 10.6. The molecule has 2 aromatic rings. The molecular weight excluding hydrogens is 582 g/mol. The number of piperidine rings is 1. The van der Waals surface area contributed by atoms with Crippen molar-refractivity contribution in [1.82, 2.24) is 4.90 Å². The Bertz CT molecular complexity index is 1130. The zero-order chi connectivity index (χ0) is 28.8. The third kappa shape index (κ3) is 8.26. The molecule has 1 fully saturated rings. The lowest BCUT2D eigenvalue weighted by Crippen LogP contribution is -2.57. The molecule has 2 aromatic carbocycles. The molecule has 1 aliphatic heterocycles. The van der Waals surface area contributed by atoms with E-state index < -0.39 is 31.5 Å². The molecule has 3 atom stereocenters. The van der Waals surface area contributed by atoms with Gasteiger partial charge in [-0.1, -0.05) is 57.2 Å². The molecule has 9 nitrogen and oxygen atoms in total. The van der Waals surface area contributed by atoms with Crippen LogP contribution < -0.4 is 5.32 Å². The maximum atomic E-state index is 13.3. The van der Waals surface area contributed by atoms with Crippen LogP contribution in [0.1, 0.15) is 45.6 Å². The number of rotatable bonds is 10. The molecule has 1 amide bonds.